The lowest BCUT2D eigenvalue weighted by molar-refractivity contribution is -0.193. The molecule has 1 fully saturated rings. The molecule has 352 valence electrons. The predicted molar refractivity (Wildman–Crippen MR) is 233 cm³/mol. The van der Waals surface area contributed by atoms with Crippen LogP contribution in [0.4, 0.5) is 10.6 Å². The van der Waals surface area contributed by atoms with E-state index in [1.54, 1.807) is 90.1 Å². The van der Waals surface area contributed by atoms with Crippen LogP contribution in [0.5, 0.6) is 5.75 Å². The number of nitrogens with two attached hydrogens (primary N) is 1. The molecule has 0 saturated carbocycles. The van der Waals surface area contributed by atoms with Crippen molar-refractivity contribution < 1.29 is 66.0 Å². The number of carbonyl (C=O) groups is 5. The number of hydrogen-bond acceptors (Lipinski definition) is 17. The molecular weight excluding hydrogens is 867 g/mol. The van der Waals surface area contributed by atoms with Gasteiger partial charge in [0.05, 0.1) is 44.0 Å². The molecule has 1 aliphatic rings. The summed E-state index contributed by atoms with van der Waals surface area (Å²) in [5.41, 5.74) is 4.47. The first kappa shape index (κ1) is 49.9. The molecule has 4 N–H and O–H groups in total. The van der Waals surface area contributed by atoms with Crippen molar-refractivity contribution in [3.05, 3.63) is 89.9 Å². The van der Waals surface area contributed by atoms with Crippen LogP contribution in [0.15, 0.2) is 73.1 Å². The zero-order valence-electron chi connectivity index (χ0n) is 37.8. The topological polar surface area (TPSA) is 257 Å². The van der Waals surface area contributed by atoms with Crippen molar-refractivity contribution in [2.75, 3.05) is 26.1 Å². The first-order chi connectivity index (χ1) is 30.7. The molecule has 2 aromatic heterocycles. The highest BCUT2D eigenvalue weighted by atomic mass is 31.2. The average Bonchev–Trinajstić information content (AvgIpc) is 3.82. The zero-order chi connectivity index (χ0) is 47.7. The highest BCUT2D eigenvalue weighted by Gasteiger charge is 2.64. The number of rotatable bonds is 20. The van der Waals surface area contributed by atoms with Crippen LogP contribution < -0.4 is 20.7 Å². The summed E-state index contributed by atoms with van der Waals surface area (Å²) in [5, 5.41) is 9.50. The fourth-order valence-corrected chi connectivity index (χ4v) is 8.25. The molecule has 20 nitrogen and oxygen atoms in total. The molecule has 1 aliphatic heterocycles. The number of carbonyl (C=O) groups excluding carboxylic acids is 5. The van der Waals surface area contributed by atoms with Gasteiger partial charge in [0.15, 0.2) is 11.9 Å². The lowest BCUT2D eigenvalue weighted by atomic mass is 9.85. The van der Waals surface area contributed by atoms with Gasteiger partial charge in [-0.25, -0.2) is 23.7 Å². The number of nitrogens with one attached hydrogen (secondary N) is 2. The van der Waals surface area contributed by atoms with Gasteiger partial charge in [-0.3, -0.25) is 18.9 Å². The average molecular weight is 925 g/mol. The van der Waals surface area contributed by atoms with Crippen molar-refractivity contribution in [1.29, 1.82) is 0 Å². The van der Waals surface area contributed by atoms with E-state index < -0.39 is 91.7 Å². The fraction of sp³-hybridized carbons (Fsp3) is 0.477. The number of fused-ring (bicyclic) bond motifs is 1. The zero-order valence-corrected chi connectivity index (χ0v) is 38.7. The number of alkyl carbamates (subject to hydrolysis) is 1. The Hall–Kier alpha value is -6.08. The molecule has 3 heterocycles. The summed E-state index contributed by atoms with van der Waals surface area (Å²) >= 11 is 0. The fourth-order valence-electron chi connectivity index (χ4n) is 6.67. The second-order valence-corrected chi connectivity index (χ2v) is 18.2. The van der Waals surface area contributed by atoms with Gasteiger partial charge in [-0.05, 0) is 63.1 Å². The van der Waals surface area contributed by atoms with Gasteiger partial charge in [-0.2, -0.15) is 10.2 Å². The monoisotopic (exact) mass is 924 g/mol. The summed E-state index contributed by atoms with van der Waals surface area (Å²) in [4.78, 5) is 69.5. The number of hydrogen-bond donors (Lipinski definition) is 3. The number of ether oxygens (including phenoxy) is 6. The van der Waals surface area contributed by atoms with Crippen LogP contribution in [-0.2, 0) is 75.3 Å². The van der Waals surface area contributed by atoms with Gasteiger partial charge in [0.2, 0.25) is 5.60 Å². The third-order valence-corrected chi connectivity index (χ3v) is 11.8. The largest absolute Gasteiger partial charge is 0.468 e. The van der Waals surface area contributed by atoms with E-state index >= 15 is 0 Å². The Labute approximate surface area is 376 Å². The summed E-state index contributed by atoms with van der Waals surface area (Å²) in [6, 6.07) is 15.9. The number of nitrogen functional groups attached to an aromatic ring is 1. The Morgan fingerprint density at radius 1 is 0.892 bits per heavy atom. The predicted octanol–water partition coefficient (Wildman–Crippen LogP) is 5.21. The number of amides is 1. The molecule has 1 amide bonds. The number of benzene rings is 2. The highest BCUT2D eigenvalue weighted by molar-refractivity contribution is 7.52. The maximum absolute atomic E-state index is 14.8. The van der Waals surface area contributed by atoms with Crippen molar-refractivity contribution in [2.24, 2.45) is 11.8 Å². The molecule has 6 atom stereocenters. The van der Waals surface area contributed by atoms with E-state index in [9.17, 15) is 28.5 Å². The van der Waals surface area contributed by atoms with Gasteiger partial charge in [0.1, 0.15) is 41.9 Å². The van der Waals surface area contributed by atoms with Crippen molar-refractivity contribution in [1.82, 2.24) is 25.0 Å². The highest BCUT2D eigenvalue weighted by Crippen LogP contribution is 2.51. The normalized spacial score (nSPS) is 20.2. The minimum atomic E-state index is -4.63. The number of esters is 4. The van der Waals surface area contributed by atoms with Crippen LogP contribution in [0.3, 0.4) is 0 Å². The Morgan fingerprint density at radius 3 is 2.20 bits per heavy atom. The molecule has 1 unspecified atom stereocenters. The molecule has 21 heteroatoms. The van der Waals surface area contributed by atoms with E-state index in [0.717, 1.165) is 12.7 Å². The summed E-state index contributed by atoms with van der Waals surface area (Å²) in [7, 11) is -3.48. The molecule has 1 saturated heterocycles. The van der Waals surface area contributed by atoms with Crippen LogP contribution in [-0.4, -0.2) is 94.8 Å². The molecule has 0 aliphatic carbocycles. The van der Waals surface area contributed by atoms with E-state index in [0.29, 0.717) is 11.1 Å². The van der Waals surface area contributed by atoms with Crippen LogP contribution in [0, 0.1) is 11.8 Å². The van der Waals surface area contributed by atoms with Gasteiger partial charge in [-0.15, -0.1) is 0 Å². The number of methoxy groups -OCH3 is 1. The lowest BCUT2D eigenvalue weighted by Crippen LogP contribution is -2.55. The summed E-state index contributed by atoms with van der Waals surface area (Å²) in [6.45, 7) is 11.7. The second-order valence-electron chi connectivity index (χ2n) is 16.5. The summed E-state index contributed by atoms with van der Waals surface area (Å²) in [5.74, 6) is -3.99. The van der Waals surface area contributed by atoms with E-state index in [1.165, 1.54) is 36.8 Å². The standard InChI is InChI=1S/C44H57N6O14P/c1-26(2)37(51)62-41-43(8,59-24-44(41,63-38(52)27(3)4)35-20-19-34-36(45)46-25-47-50(34)35)23-60-65(56,49-29(7)39(53)57-9)64-32-17-15-30(16-18-32)21-33(40(54)61-28(5)6)48-42(55)58-22-31-13-11-10-12-14-31/h10-20,25-29,33,41H,21-24H2,1-9H3,(H,48,55)(H,49,56)(H2,45,46,47)/t29-,33-,41+,43+,44+,65?/m0/s1. The van der Waals surface area contributed by atoms with Crippen LogP contribution in [0.25, 0.3) is 5.52 Å². The Bertz CT molecular complexity index is 2360. The minimum Gasteiger partial charge on any atom is -0.468 e. The van der Waals surface area contributed by atoms with Gasteiger partial charge in [0.25, 0.3) is 0 Å². The Balaban J connectivity index is 1.43. The van der Waals surface area contributed by atoms with E-state index in [4.69, 9.17) is 43.2 Å². The van der Waals surface area contributed by atoms with Gasteiger partial charge in [0, 0.05) is 6.42 Å². The molecule has 0 radical (unpaired) electrons. The third-order valence-electron chi connectivity index (χ3n) is 10.1. The second kappa shape index (κ2) is 21.3. The van der Waals surface area contributed by atoms with Crippen LogP contribution >= 0.6 is 7.75 Å². The first-order valence-electron chi connectivity index (χ1n) is 20.9. The van der Waals surface area contributed by atoms with Crippen molar-refractivity contribution >= 4 is 49.1 Å². The number of nitrogens with zero attached hydrogens (tertiary/aromatic N) is 3. The van der Waals surface area contributed by atoms with Crippen LogP contribution in [0.2, 0.25) is 0 Å². The Morgan fingerprint density at radius 2 is 1.57 bits per heavy atom. The smallest absolute Gasteiger partial charge is 0.459 e. The minimum absolute atomic E-state index is 0.00407. The molecule has 5 rings (SSSR count). The molecule has 0 bridgehead atoms. The number of aromatic nitrogens is 3. The van der Waals surface area contributed by atoms with Crippen molar-refractivity contribution in [3.63, 3.8) is 0 Å². The molecule has 4 aromatic rings. The lowest BCUT2D eigenvalue weighted by Gasteiger charge is -2.38. The van der Waals surface area contributed by atoms with E-state index in [-0.39, 0.29) is 36.9 Å². The maximum atomic E-state index is 14.8. The van der Waals surface area contributed by atoms with Gasteiger partial charge in [-0.1, -0.05) is 70.2 Å². The molecule has 65 heavy (non-hydrogen) atoms. The third kappa shape index (κ3) is 12.4. The Kier molecular flexibility index (Phi) is 16.3. The van der Waals surface area contributed by atoms with Crippen molar-refractivity contribution in [3.8, 4) is 5.75 Å². The van der Waals surface area contributed by atoms with E-state index in [1.807, 2.05) is 6.07 Å². The maximum Gasteiger partial charge on any atom is 0.459 e. The summed E-state index contributed by atoms with van der Waals surface area (Å²) < 4.78 is 62.6. The van der Waals surface area contributed by atoms with Crippen molar-refractivity contribution in [2.45, 2.75) is 104 Å². The van der Waals surface area contributed by atoms with Gasteiger partial charge >= 0.3 is 37.7 Å². The molecular formula is C44H57N6O14P. The van der Waals surface area contributed by atoms with Crippen LogP contribution in [0.1, 0.15) is 72.2 Å². The van der Waals surface area contributed by atoms with Gasteiger partial charge < -0.3 is 44.0 Å². The molecule has 2 aromatic carbocycles. The quantitative estimate of drug-likeness (QED) is 0.0584. The SMILES string of the molecule is COC(=O)[C@H](C)NP(=O)(OC[C@@]1(C)OC[C@@](OC(=O)C(C)C)(c2ccc3c(N)ncnn23)[C@@H]1OC(=O)C(C)C)Oc1ccc(C[C@H](NC(=O)OCc2ccccc2)C(=O)OC(C)C)cc1. The molecule has 0 spiro atoms. The summed E-state index contributed by atoms with van der Waals surface area (Å²) in [6.07, 6.45) is -1.58. The number of anilines is 1. The van der Waals surface area contributed by atoms with E-state index in [2.05, 4.69) is 20.5 Å². The first-order valence-corrected chi connectivity index (χ1v) is 22.5.